The molecule has 2 N–H and O–H groups in total. The van der Waals surface area contributed by atoms with Crippen molar-refractivity contribution >= 4 is 5.82 Å². The second-order valence-electron chi connectivity index (χ2n) is 4.15. The maximum atomic E-state index is 9.05. The van der Waals surface area contributed by atoms with Gasteiger partial charge in [0, 0.05) is 26.3 Å². The number of aliphatic hydroxyl groups is 1. The number of anilines is 1. The number of rotatable bonds is 8. The minimum Gasteiger partial charge on any atom is -0.395 e. The Morgan fingerprint density at radius 1 is 1.41 bits per heavy atom. The van der Waals surface area contributed by atoms with Gasteiger partial charge in [-0.3, -0.25) is 4.90 Å². The molecule has 0 bridgehead atoms. The van der Waals surface area contributed by atoms with Gasteiger partial charge < -0.3 is 10.4 Å². The molecular formula is C13H23N3O. The summed E-state index contributed by atoms with van der Waals surface area (Å²) in [6, 6.07) is 4.08. The monoisotopic (exact) mass is 237 g/mol. The highest BCUT2D eigenvalue weighted by atomic mass is 16.3. The van der Waals surface area contributed by atoms with E-state index in [-0.39, 0.29) is 6.61 Å². The van der Waals surface area contributed by atoms with Crippen LogP contribution in [0, 0.1) is 0 Å². The van der Waals surface area contributed by atoms with Crippen molar-refractivity contribution in [3.8, 4) is 0 Å². The highest BCUT2D eigenvalue weighted by Gasteiger charge is 2.05. The van der Waals surface area contributed by atoms with Crippen LogP contribution in [0.3, 0.4) is 0 Å². The molecule has 1 rings (SSSR count). The second-order valence-corrected chi connectivity index (χ2v) is 4.15. The third-order valence-corrected chi connectivity index (χ3v) is 2.73. The first-order valence-electron chi connectivity index (χ1n) is 6.26. The lowest BCUT2D eigenvalue weighted by molar-refractivity contribution is 0.188. The molecule has 0 saturated heterocycles. The second kappa shape index (κ2) is 8.03. The summed E-state index contributed by atoms with van der Waals surface area (Å²) in [5.41, 5.74) is 1.23. The van der Waals surface area contributed by atoms with Gasteiger partial charge in [-0.1, -0.05) is 13.3 Å². The summed E-state index contributed by atoms with van der Waals surface area (Å²) in [5, 5.41) is 12.1. The Balaban J connectivity index is 2.57. The van der Waals surface area contributed by atoms with Crippen LogP contribution in [0.4, 0.5) is 5.82 Å². The van der Waals surface area contributed by atoms with Gasteiger partial charge in [0.2, 0.25) is 0 Å². The summed E-state index contributed by atoms with van der Waals surface area (Å²) in [7, 11) is 1.87. The SMILES string of the molecule is CCCCN(CCO)Cc1ccnc(NC)c1. The van der Waals surface area contributed by atoms with E-state index in [0.29, 0.717) is 0 Å². The molecule has 0 atom stereocenters. The van der Waals surface area contributed by atoms with Crippen molar-refractivity contribution in [2.75, 3.05) is 32.1 Å². The van der Waals surface area contributed by atoms with E-state index in [2.05, 4.69) is 28.2 Å². The number of pyridine rings is 1. The molecule has 0 aliphatic heterocycles. The predicted molar refractivity (Wildman–Crippen MR) is 71.1 cm³/mol. The largest absolute Gasteiger partial charge is 0.395 e. The number of aromatic nitrogens is 1. The molecule has 4 nitrogen and oxygen atoms in total. The van der Waals surface area contributed by atoms with Gasteiger partial charge in [0.05, 0.1) is 6.61 Å². The third kappa shape index (κ3) is 5.15. The van der Waals surface area contributed by atoms with Crippen LogP contribution in [0.15, 0.2) is 18.3 Å². The number of unbranched alkanes of at least 4 members (excludes halogenated alkanes) is 1. The van der Waals surface area contributed by atoms with Crippen molar-refractivity contribution in [1.82, 2.24) is 9.88 Å². The molecule has 17 heavy (non-hydrogen) atoms. The zero-order valence-electron chi connectivity index (χ0n) is 10.8. The van der Waals surface area contributed by atoms with Crippen molar-refractivity contribution < 1.29 is 5.11 Å². The Labute approximate surface area is 104 Å². The molecule has 0 spiro atoms. The van der Waals surface area contributed by atoms with E-state index < -0.39 is 0 Å². The van der Waals surface area contributed by atoms with Crippen LogP contribution in [0.25, 0.3) is 0 Å². The summed E-state index contributed by atoms with van der Waals surface area (Å²) in [5.74, 6) is 0.891. The zero-order chi connectivity index (χ0) is 12.5. The number of nitrogens with zero attached hydrogens (tertiary/aromatic N) is 2. The highest BCUT2D eigenvalue weighted by molar-refractivity contribution is 5.36. The van der Waals surface area contributed by atoms with Crippen LogP contribution in [0.2, 0.25) is 0 Å². The van der Waals surface area contributed by atoms with Gasteiger partial charge in [-0.15, -0.1) is 0 Å². The summed E-state index contributed by atoms with van der Waals surface area (Å²) in [6.45, 7) is 5.04. The Hall–Kier alpha value is -1.13. The minimum absolute atomic E-state index is 0.216. The average Bonchev–Trinajstić information content (AvgIpc) is 2.36. The van der Waals surface area contributed by atoms with E-state index in [9.17, 15) is 0 Å². The highest BCUT2D eigenvalue weighted by Crippen LogP contribution is 2.09. The van der Waals surface area contributed by atoms with Gasteiger partial charge in [-0.05, 0) is 30.7 Å². The first-order valence-corrected chi connectivity index (χ1v) is 6.26. The zero-order valence-corrected chi connectivity index (χ0v) is 10.8. The van der Waals surface area contributed by atoms with Crippen molar-refractivity contribution in [1.29, 1.82) is 0 Å². The first-order chi connectivity index (χ1) is 8.30. The van der Waals surface area contributed by atoms with Crippen LogP contribution in [-0.4, -0.2) is 41.7 Å². The van der Waals surface area contributed by atoms with Crippen molar-refractivity contribution in [2.24, 2.45) is 0 Å². The van der Waals surface area contributed by atoms with E-state index in [1.54, 1.807) is 0 Å². The van der Waals surface area contributed by atoms with Gasteiger partial charge in [-0.25, -0.2) is 4.98 Å². The minimum atomic E-state index is 0.216. The predicted octanol–water partition coefficient (Wildman–Crippen LogP) is 1.72. The maximum Gasteiger partial charge on any atom is 0.125 e. The van der Waals surface area contributed by atoms with E-state index in [1.807, 2.05) is 19.3 Å². The molecule has 0 aromatic carbocycles. The van der Waals surface area contributed by atoms with Crippen molar-refractivity contribution in [3.05, 3.63) is 23.9 Å². The van der Waals surface area contributed by atoms with Crippen LogP contribution in [0.5, 0.6) is 0 Å². The number of hydrogen-bond donors (Lipinski definition) is 2. The van der Waals surface area contributed by atoms with Gasteiger partial charge in [0.25, 0.3) is 0 Å². The average molecular weight is 237 g/mol. The normalized spacial score (nSPS) is 10.8. The fourth-order valence-electron chi connectivity index (χ4n) is 1.76. The van der Waals surface area contributed by atoms with Crippen LogP contribution in [-0.2, 0) is 6.54 Å². The molecule has 4 heteroatoms. The van der Waals surface area contributed by atoms with E-state index in [0.717, 1.165) is 25.5 Å². The van der Waals surface area contributed by atoms with Crippen molar-refractivity contribution in [2.45, 2.75) is 26.3 Å². The molecule has 1 aromatic rings. The Bertz CT molecular complexity index is 317. The molecule has 0 radical (unpaired) electrons. The van der Waals surface area contributed by atoms with Crippen molar-refractivity contribution in [3.63, 3.8) is 0 Å². The fourth-order valence-corrected chi connectivity index (χ4v) is 1.76. The quantitative estimate of drug-likeness (QED) is 0.723. The lowest BCUT2D eigenvalue weighted by Gasteiger charge is -2.21. The van der Waals surface area contributed by atoms with Gasteiger partial charge in [0.1, 0.15) is 5.82 Å². The van der Waals surface area contributed by atoms with Crippen LogP contribution in [0.1, 0.15) is 25.3 Å². The van der Waals surface area contributed by atoms with Crippen LogP contribution < -0.4 is 5.32 Å². The standard InChI is InChI=1S/C13H23N3O/c1-3-4-7-16(8-9-17)11-12-5-6-15-13(10-12)14-2/h5-6,10,17H,3-4,7-9,11H2,1-2H3,(H,14,15). The topological polar surface area (TPSA) is 48.4 Å². The van der Waals surface area contributed by atoms with E-state index in [1.165, 1.54) is 18.4 Å². The Kier molecular flexibility index (Phi) is 6.58. The smallest absolute Gasteiger partial charge is 0.125 e. The van der Waals surface area contributed by atoms with Gasteiger partial charge >= 0.3 is 0 Å². The summed E-state index contributed by atoms with van der Waals surface area (Å²) >= 11 is 0. The molecule has 0 unspecified atom stereocenters. The molecular weight excluding hydrogens is 214 g/mol. The molecule has 0 fully saturated rings. The molecule has 1 aromatic heterocycles. The van der Waals surface area contributed by atoms with Gasteiger partial charge in [-0.2, -0.15) is 0 Å². The lowest BCUT2D eigenvalue weighted by Crippen LogP contribution is -2.27. The molecule has 0 saturated carbocycles. The molecule has 96 valence electrons. The summed E-state index contributed by atoms with van der Waals surface area (Å²) in [6.07, 6.45) is 4.17. The number of nitrogens with one attached hydrogen (secondary N) is 1. The maximum absolute atomic E-state index is 9.05. The number of aliphatic hydroxyl groups excluding tert-OH is 1. The van der Waals surface area contributed by atoms with E-state index in [4.69, 9.17) is 5.11 Å². The van der Waals surface area contributed by atoms with Crippen LogP contribution >= 0.6 is 0 Å². The number of hydrogen-bond acceptors (Lipinski definition) is 4. The summed E-state index contributed by atoms with van der Waals surface area (Å²) in [4.78, 5) is 6.47. The molecule has 0 aliphatic rings. The summed E-state index contributed by atoms with van der Waals surface area (Å²) < 4.78 is 0. The third-order valence-electron chi connectivity index (χ3n) is 2.73. The Morgan fingerprint density at radius 2 is 2.24 bits per heavy atom. The molecule has 0 amide bonds. The fraction of sp³-hybridized carbons (Fsp3) is 0.615. The van der Waals surface area contributed by atoms with Gasteiger partial charge in [0.15, 0.2) is 0 Å². The lowest BCUT2D eigenvalue weighted by atomic mass is 10.2. The molecule has 1 heterocycles. The van der Waals surface area contributed by atoms with E-state index >= 15 is 0 Å². The molecule has 0 aliphatic carbocycles. The first kappa shape index (κ1) is 13.9. The Morgan fingerprint density at radius 3 is 2.88 bits per heavy atom.